The summed E-state index contributed by atoms with van der Waals surface area (Å²) in [5.41, 5.74) is 3.66. The molecule has 1 aliphatic carbocycles. The predicted molar refractivity (Wildman–Crippen MR) is 125 cm³/mol. The van der Waals surface area contributed by atoms with E-state index in [4.69, 9.17) is 14.6 Å². The fourth-order valence-electron chi connectivity index (χ4n) is 4.69. The van der Waals surface area contributed by atoms with Crippen LogP contribution in [0, 0.1) is 0 Å². The molecule has 0 radical (unpaired) electrons. The molecular formula is C26H33NO5. The van der Waals surface area contributed by atoms with E-state index in [1.807, 2.05) is 6.07 Å². The van der Waals surface area contributed by atoms with Crippen LogP contribution in [-0.2, 0) is 22.2 Å². The van der Waals surface area contributed by atoms with E-state index in [-0.39, 0.29) is 28.8 Å². The van der Waals surface area contributed by atoms with Gasteiger partial charge in [0, 0.05) is 24.1 Å². The number of methoxy groups -OCH3 is 2. The third-order valence-corrected chi connectivity index (χ3v) is 6.59. The van der Waals surface area contributed by atoms with Crippen molar-refractivity contribution in [1.29, 1.82) is 0 Å². The number of benzene rings is 2. The number of fused-ring (bicyclic) bond motifs is 1. The van der Waals surface area contributed by atoms with Gasteiger partial charge in [-0.1, -0.05) is 39.8 Å². The SMILES string of the molecule is COc1cc(N(Cc2ccc(C(=O)O)cc2)C(C)=O)c(OC)c2c1C(C)(C)CCC2(C)C. The average molecular weight is 440 g/mol. The van der Waals surface area contributed by atoms with Crippen molar-refractivity contribution in [3.63, 3.8) is 0 Å². The van der Waals surface area contributed by atoms with Crippen molar-refractivity contribution >= 4 is 17.6 Å². The first-order chi connectivity index (χ1) is 14.9. The van der Waals surface area contributed by atoms with Crippen LogP contribution in [0.25, 0.3) is 0 Å². The van der Waals surface area contributed by atoms with Crippen LogP contribution in [0.1, 0.15) is 74.5 Å². The highest BCUT2D eigenvalue weighted by Gasteiger charge is 2.43. The Hall–Kier alpha value is -3.02. The van der Waals surface area contributed by atoms with E-state index in [9.17, 15) is 9.59 Å². The lowest BCUT2D eigenvalue weighted by Crippen LogP contribution is -2.36. The highest BCUT2D eigenvalue weighted by molar-refractivity contribution is 5.94. The Kier molecular flexibility index (Phi) is 6.27. The number of hydrogen-bond acceptors (Lipinski definition) is 4. The Labute approximate surface area is 190 Å². The summed E-state index contributed by atoms with van der Waals surface area (Å²) < 4.78 is 11.8. The van der Waals surface area contributed by atoms with Gasteiger partial charge in [0.05, 0.1) is 32.0 Å². The average Bonchev–Trinajstić information content (AvgIpc) is 2.74. The van der Waals surface area contributed by atoms with E-state index < -0.39 is 5.97 Å². The number of anilines is 1. The van der Waals surface area contributed by atoms with Gasteiger partial charge in [-0.15, -0.1) is 0 Å². The third kappa shape index (κ3) is 4.18. The van der Waals surface area contributed by atoms with Crippen molar-refractivity contribution in [2.45, 2.75) is 64.8 Å². The zero-order chi connectivity index (χ0) is 23.8. The van der Waals surface area contributed by atoms with Crippen LogP contribution in [-0.4, -0.2) is 31.2 Å². The molecule has 2 aromatic rings. The van der Waals surface area contributed by atoms with Crippen molar-refractivity contribution in [1.82, 2.24) is 0 Å². The van der Waals surface area contributed by atoms with E-state index >= 15 is 0 Å². The highest BCUT2D eigenvalue weighted by Crippen LogP contribution is 2.55. The van der Waals surface area contributed by atoms with Gasteiger partial charge in [-0.25, -0.2) is 4.79 Å². The summed E-state index contributed by atoms with van der Waals surface area (Å²) in [6.45, 7) is 10.7. The summed E-state index contributed by atoms with van der Waals surface area (Å²) in [5.74, 6) is 0.323. The molecule has 0 aliphatic heterocycles. The number of ether oxygens (including phenoxy) is 2. The summed E-state index contributed by atoms with van der Waals surface area (Å²) in [6.07, 6.45) is 2.02. The molecule has 6 heteroatoms. The minimum absolute atomic E-state index is 0.0876. The topological polar surface area (TPSA) is 76.1 Å². The zero-order valence-corrected chi connectivity index (χ0v) is 20.0. The summed E-state index contributed by atoms with van der Waals surface area (Å²) in [4.78, 5) is 25.6. The molecule has 1 amide bonds. The second-order valence-electron chi connectivity index (χ2n) is 9.76. The first-order valence-corrected chi connectivity index (χ1v) is 10.8. The van der Waals surface area contributed by atoms with E-state index in [2.05, 4.69) is 27.7 Å². The maximum absolute atomic E-state index is 12.8. The molecule has 3 rings (SSSR count). The number of carbonyl (C=O) groups excluding carboxylic acids is 1. The fourth-order valence-corrected chi connectivity index (χ4v) is 4.69. The van der Waals surface area contributed by atoms with Crippen molar-refractivity contribution in [2.75, 3.05) is 19.1 Å². The first-order valence-electron chi connectivity index (χ1n) is 10.8. The monoisotopic (exact) mass is 439 g/mol. The normalized spacial score (nSPS) is 16.1. The number of hydrogen-bond donors (Lipinski definition) is 1. The number of nitrogens with zero attached hydrogens (tertiary/aromatic N) is 1. The van der Waals surface area contributed by atoms with E-state index in [1.165, 1.54) is 6.92 Å². The lowest BCUT2D eigenvalue weighted by molar-refractivity contribution is -0.116. The van der Waals surface area contributed by atoms with Crippen LogP contribution in [0.3, 0.4) is 0 Å². The van der Waals surface area contributed by atoms with Crippen molar-refractivity contribution in [3.8, 4) is 11.5 Å². The molecule has 0 bridgehead atoms. The second kappa shape index (κ2) is 8.49. The van der Waals surface area contributed by atoms with E-state index in [0.717, 1.165) is 35.3 Å². The largest absolute Gasteiger partial charge is 0.496 e. The summed E-state index contributed by atoms with van der Waals surface area (Å²) in [5, 5.41) is 9.16. The van der Waals surface area contributed by atoms with Crippen LogP contribution in [0.4, 0.5) is 5.69 Å². The van der Waals surface area contributed by atoms with Crippen LogP contribution in [0.15, 0.2) is 30.3 Å². The molecule has 6 nitrogen and oxygen atoms in total. The molecule has 0 saturated carbocycles. The van der Waals surface area contributed by atoms with E-state index in [0.29, 0.717) is 11.4 Å². The summed E-state index contributed by atoms with van der Waals surface area (Å²) in [7, 11) is 3.30. The molecule has 0 unspecified atom stereocenters. The molecule has 0 heterocycles. The van der Waals surface area contributed by atoms with Crippen LogP contribution >= 0.6 is 0 Å². The minimum atomic E-state index is -0.981. The maximum Gasteiger partial charge on any atom is 0.335 e. The Morgan fingerprint density at radius 1 is 0.969 bits per heavy atom. The standard InChI is InChI=1S/C26H33NO5/c1-16(28)27(15-17-8-10-18(11-9-17)24(29)30)19-14-20(31-6)21-22(23(19)32-7)26(4,5)13-12-25(21,2)3/h8-11,14H,12-13,15H2,1-7H3,(H,29,30). The minimum Gasteiger partial charge on any atom is -0.496 e. The van der Waals surface area contributed by atoms with Crippen molar-refractivity contribution in [2.24, 2.45) is 0 Å². The Balaban J connectivity index is 2.20. The number of aromatic carboxylic acids is 1. The third-order valence-electron chi connectivity index (χ3n) is 6.59. The highest BCUT2D eigenvalue weighted by atomic mass is 16.5. The molecule has 0 spiro atoms. The maximum atomic E-state index is 12.8. The molecular weight excluding hydrogens is 406 g/mol. The first kappa shape index (κ1) is 23.6. The predicted octanol–water partition coefficient (Wildman–Crippen LogP) is 5.30. The number of carboxylic acid groups (broad SMARTS) is 1. The second-order valence-corrected chi connectivity index (χ2v) is 9.76. The van der Waals surface area contributed by atoms with Gasteiger partial charge in [0.15, 0.2) is 0 Å². The molecule has 0 fully saturated rings. The molecule has 0 saturated heterocycles. The number of carbonyl (C=O) groups is 2. The van der Waals surface area contributed by atoms with Crippen LogP contribution in [0.2, 0.25) is 0 Å². The van der Waals surface area contributed by atoms with Crippen molar-refractivity contribution in [3.05, 3.63) is 52.6 Å². The zero-order valence-electron chi connectivity index (χ0n) is 20.0. The molecule has 2 aromatic carbocycles. The van der Waals surface area contributed by atoms with Gasteiger partial charge in [0.25, 0.3) is 0 Å². The molecule has 1 N–H and O–H groups in total. The smallest absolute Gasteiger partial charge is 0.335 e. The Bertz CT molecular complexity index is 1040. The van der Waals surface area contributed by atoms with Crippen LogP contribution < -0.4 is 14.4 Å². The Morgan fingerprint density at radius 3 is 2.00 bits per heavy atom. The number of carboxylic acids is 1. The molecule has 0 aromatic heterocycles. The van der Waals surface area contributed by atoms with Gasteiger partial charge in [0.2, 0.25) is 5.91 Å². The van der Waals surface area contributed by atoms with Gasteiger partial charge in [-0.3, -0.25) is 4.79 Å². The summed E-state index contributed by atoms with van der Waals surface area (Å²) in [6, 6.07) is 8.45. The summed E-state index contributed by atoms with van der Waals surface area (Å²) >= 11 is 0. The van der Waals surface area contributed by atoms with Gasteiger partial charge >= 0.3 is 5.97 Å². The van der Waals surface area contributed by atoms with Crippen LogP contribution in [0.5, 0.6) is 11.5 Å². The Morgan fingerprint density at radius 2 is 1.53 bits per heavy atom. The molecule has 32 heavy (non-hydrogen) atoms. The van der Waals surface area contributed by atoms with Crippen molar-refractivity contribution < 1.29 is 24.2 Å². The molecule has 0 atom stereocenters. The van der Waals surface area contributed by atoms with E-state index in [1.54, 1.807) is 43.4 Å². The van der Waals surface area contributed by atoms with Gasteiger partial charge in [-0.2, -0.15) is 0 Å². The molecule has 172 valence electrons. The lowest BCUT2D eigenvalue weighted by Gasteiger charge is -2.44. The lowest BCUT2D eigenvalue weighted by atomic mass is 9.62. The van der Waals surface area contributed by atoms with Gasteiger partial charge in [-0.05, 0) is 41.4 Å². The van der Waals surface area contributed by atoms with Gasteiger partial charge < -0.3 is 19.5 Å². The fraction of sp³-hybridized carbons (Fsp3) is 0.462. The molecule has 1 aliphatic rings. The van der Waals surface area contributed by atoms with Gasteiger partial charge in [0.1, 0.15) is 11.5 Å². The number of amides is 1. The quantitative estimate of drug-likeness (QED) is 0.661. The number of rotatable bonds is 6.